The molecule has 4 rings (SSSR count). The number of aliphatic hydroxyl groups is 1. The van der Waals surface area contributed by atoms with Crippen molar-refractivity contribution < 1.29 is 9.90 Å². The Bertz CT molecular complexity index is 1030. The zero-order valence-corrected chi connectivity index (χ0v) is 12.7. The second kappa shape index (κ2) is 5.42. The van der Waals surface area contributed by atoms with Crippen molar-refractivity contribution >= 4 is 28.7 Å². The minimum absolute atomic E-state index is 0.0577. The highest BCUT2D eigenvalue weighted by atomic mass is 16.3. The lowest BCUT2D eigenvalue weighted by Gasteiger charge is -2.22. The summed E-state index contributed by atoms with van der Waals surface area (Å²) in [5.74, 6) is -0.848. The Kier molecular flexibility index (Phi) is 3.23. The van der Waals surface area contributed by atoms with Crippen molar-refractivity contribution in [2.75, 3.05) is 5.32 Å². The summed E-state index contributed by atoms with van der Waals surface area (Å²) < 4.78 is 0. The first-order valence-electron chi connectivity index (χ1n) is 7.61. The van der Waals surface area contributed by atoms with Crippen molar-refractivity contribution in [2.45, 2.75) is 6.42 Å². The molecule has 0 spiro atoms. The summed E-state index contributed by atoms with van der Waals surface area (Å²) in [5, 5.41) is 13.0. The number of carbonyl (C=O) groups excluding carboxylic acids is 1. The van der Waals surface area contributed by atoms with Crippen LogP contribution in [0.5, 0.6) is 0 Å². The molecular weight excluding hydrogens is 306 g/mol. The fourth-order valence-corrected chi connectivity index (χ4v) is 3.01. The van der Waals surface area contributed by atoms with E-state index in [2.05, 4.69) is 15.3 Å². The van der Waals surface area contributed by atoms with Crippen LogP contribution in [-0.2, 0) is 11.2 Å². The maximum Gasteiger partial charge on any atom is 0.323 e. The third-order valence-corrected chi connectivity index (χ3v) is 4.24. The molecule has 1 atom stereocenters. The normalized spacial score (nSPS) is 16.5. The van der Waals surface area contributed by atoms with E-state index >= 15 is 0 Å². The highest BCUT2D eigenvalue weighted by molar-refractivity contribution is 5.97. The van der Waals surface area contributed by atoms with Crippen LogP contribution in [0.2, 0.25) is 0 Å². The first kappa shape index (κ1) is 14.3. The Morgan fingerprint density at radius 2 is 1.92 bits per heavy atom. The Balaban J connectivity index is 1.58. The van der Waals surface area contributed by atoms with Crippen LogP contribution in [-0.4, -0.2) is 21.0 Å². The highest BCUT2D eigenvalue weighted by Gasteiger charge is 2.27. The van der Waals surface area contributed by atoms with Gasteiger partial charge in [-0.15, -0.1) is 0 Å². The summed E-state index contributed by atoms with van der Waals surface area (Å²) in [6.07, 6.45) is 2.09. The number of aromatic nitrogens is 2. The fourth-order valence-electron chi connectivity index (χ4n) is 3.01. The summed E-state index contributed by atoms with van der Waals surface area (Å²) in [6, 6.07) is 12.8. The second-order valence-corrected chi connectivity index (χ2v) is 5.85. The van der Waals surface area contributed by atoms with Gasteiger partial charge in [0, 0.05) is 5.69 Å². The Morgan fingerprint density at radius 1 is 1.12 bits per heavy atom. The summed E-state index contributed by atoms with van der Waals surface area (Å²) in [6.45, 7) is 0. The first-order valence-corrected chi connectivity index (χ1v) is 7.61. The second-order valence-electron chi connectivity index (χ2n) is 5.85. The van der Waals surface area contributed by atoms with Crippen LogP contribution in [0, 0.1) is 5.92 Å². The van der Waals surface area contributed by atoms with Crippen molar-refractivity contribution in [1.82, 2.24) is 9.97 Å². The van der Waals surface area contributed by atoms with E-state index in [-0.39, 0.29) is 17.4 Å². The van der Waals surface area contributed by atoms with Gasteiger partial charge in [0.2, 0.25) is 5.91 Å². The van der Waals surface area contributed by atoms with E-state index in [9.17, 15) is 14.7 Å². The van der Waals surface area contributed by atoms with Gasteiger partial charge < -0.3 is 20.4 Å². The van der Waals surface area contributed by atoms with Gasteiger partial charge in [0.15, 0.2) is 0 Å². The molecule has 3 aromatic rings. The summed E-state index contributed by atoms with van der Waals surface area (Å²) >= 11 is 0. The monoisotopic (exact) mass is 321 g/mol. The number of hydrogen-bond acceptors (Lipinski definition) is 3. The van der Waals surface area contributed by atoms with Gasteiger partial charge in [-0.25, -0.2) is 4.79 Å². The number of imidazole rings is 1. The number of nitrogens with one attached hydrogen (secondary N) is 3. The quantitative estimate of drug-likeness (QED) is 0.584. The molecule has 0 saturated heterocycles. The molecule has 6 nitrogen and oxygen atoms in total. The Labute approximate surface area is 136 Å². The number of hydrogen-bond donors (Lipinski definition) is 4. The molecule has 1 heterocycles. The number of rotatable bonds is 2. The predicted molar refractivity (Wildman–Crippen MR) is 91.8 cm³/mol. The van der Waals surface area contributed by atoms with Crippen molar-refractivity contribution in [1.29, 1.82) is 0 Å². The zero-order valence-electron chi connectivity index (χ0n) is 12.7. The average Bonchev–Trinajstić information content (AvgIpc) is 2.93. The number of fused-ring (bicyclic) bond motifs is 2. The third kappa shape index (κ3) is 2.48. The molecular formula is C18H15N3O3. The molecule has 24 heavy (non-hydrogen) atoms. The number of anilines is 1. The lowest BCUT2D eigenvalue weighted by Crippen LogP contribution is -2.28. The minimum Gasteiger partial charge on any atom is -0.511 e. The summed E-state index contributed by atoms with van der Waals surface area (Å²) in [7, 11) is 0. The van der Waals surface area contributed by atoms with Crippen LogP contribution < -0.4 is 11.0 Å². The molecule has 0 saturated carbocycles. The van der Waals surface area contributed by atoms with Crippen LogP contribution >= 0.6 is 0 Å². The van der Waals surface area contributed by atoms with Gasteiger partial charge in [-0.1, -0.05) is 24.3 Å². The van der Waals surface area contributed by atoms with Crippen LogP contribution in [0.25, 0.3) is 17.1 Å². The van der Waals surface area contributed by atoms with Gasteiger partial charge >= 0.3 is 5.69 Å². The molecule has 0 aliphatic heterocycles. The Hall–Kier alpha value is -3.28. The van der Waals surface area contributed by atoms with Crippen LogP contribution in [0.1, 0.15) is 11.1 Å². The molecule has 1 aliphatic rings. The van der Waals surface area contributed by atoms with Crippen LogP contribution in [0.3, 0.4) is 0 Å². The maximum absolute atomic E-state index is 12.5. The van der Waals surface area contributed by atoms with E-state index in [4.69, 9.17) is 0 Å². The minimum atomic E-state index is -0.624. The SMILES string of the molecule is O=C(Nc1ccc2[nH]c(=O)[nH]c2c1)C1Cc2ccccc2C=C1O. The van der Waals surface area contributed by atoms with E-state index in [1.807, 2.05) is 24.3 Å². The van der Waals surface area contributed by atoms with E-state index < -0.39 is 5.92 Å². The van der Waals surface area contributed by atoms with Crippen LogP contribution in [0.15, 0.2) is 53.0 Å². The molecule has 120 valence electrons. The lowest BCUT2D eigenvalue weighted by molar-refractivity contribution is -0.119. The smallest absolute Gasteiger partial charge is 0.323 e. The molecule has 1 aliphatic carbocycles. The van der Waals surface area contributed by atoms with Gasteiger partial charge in [0.1, 0.15) is 5.76 Å². The van der Waals surface area contributed by atoms with Gasteiger partial charge in [-0.05, 0) is 41.8 Å². The largest absolute Gasteiger partial charge is 0.511 e. The molecule has 1 unspecified atom stereocenters. The first-order chi connectivity index (χ1) is 11.6. The van der Waals surface area contributed by atoms with E-state index in [0.29, 0.717) is 23.1 Å². The van der Waals surface area contributed by atoms with E-state index in [1.165, 1.54) is 0 Å². The number of carbonyl (C=O) groups is 1. The summed E-state index contributed by atoms with van der Waals surface area (Å²) in [4.78, 5) is 29.1. The number of aromatic amines is 2. The molecule has 1 amide bonds. The number of amides is 1. The standard InChI is InChI=1S/C18H15N3O3/c22-16-8-11-4-2-1-3-10(11)7-13(16)17(23)19-12-5-6-14-15(9-12)21-18(24)20-14/h1-6,8-9,13,22H,7H2,(H,19,23)(H2,20,21,24). The number of H-pyrrole nitrogens is 2. The Morgan fingerprint density at radius 3 is 2.79 bits per heavy atom. The molecule has 1 aromatic heterocycles. The van der Waals surface area contributed by atoms with E-state index in [0.717, 1.165) is 11.1 Å². The van der Waals surface area contributed by atoms with Gasteiger partial charge in [-0.2, -0.15) is 0 Å². The van der Waals surface area contributed by atoms with Gasteiger partial charge in [0.05, 0.1) is 17.0 Å². The highest BCUT2D eigenvalue weighted by Crippen LogP contribution is 2.28. The zero-order chi connectivity index (χ0) is 16.7. The lowest BCUT2D eigenvalue weighted by atomic mass is 9.87. The van der Waals surface area contributed by atoms with Crippen molar-refractivity contribution in [3.05, 3.63) is 69.8 Å². The third-order valence-electron chi connectivity index (χ3n) is 4.24. The molecule has 0 radical (unpaired) electrons. The molecule has 0 fully saturated rings. The molecule has 4 N–H and O–H groups in total. The number of aliphatic hydroxyl groups excluding tert-OH is 1. The summed E-state index contributed by atoms with van der Waals surface area (Å²) in [5.41, 5.74) is 3.53. The van der Waals surface area contributed by atoms with Crippen molar-refractivity contribution in [2.24, 2.45) is 5.92 Å². The van der Waals surface area contributed by atoms with Crippen molar-refractivity contribution in [3.63, 3.8) is 0 Å². The fraction of sp³-hybridized carbons (Fsp3) is 0.111. The average molecular weight is 321 g/mol. The van der Waals surface area contributed by atoms with Gasteiger partial charge in [-0.3, -0.25) is 4.79 Å². The molecule has 0 bridgehead atoms. The topological polar surface area (TPSA) is 98.0 Å². The van der Waals surface area contributed by atoms with Crippen molar-refractivity contribution in [3.8, 4) is 0 Å². The number of benzene rings is 2. The van der Waals surface area contributed by atoms with Crippen LogP contribution in [0.4, 0.5) is 5.69 Å². The van der Waals surface area contributed by atoms with Gasteiger partial charge in [0.25, 0.3) is 0 Å². The predicted octanol–water partition coefficient (Wildman–Crippen LogP) is 2.57. The molecule has 6 heteroatoms. The van der Waals surface area contributed by atoms with E-state index in [1.54, 1.807) is 24.3 Å². The maximum atomic E-state index is 12.5. The molecule has 2 aromatic carbocycles.